The highest BCUT2D eigenvalue weighted by atomic mass is 19.4. The van der Waals surface area contributed by atoms with Gasteiger partial charge in [-0.2, -0.15) is 13.2 Å². The van der Waals surface area contributed by atoms with Crippen LogP contribution in [-0.4, -0.2) is 23.9 Å². The maximum atomic E-state index is 12.5. The van der Waals surface area contributed by atoms with Gasteiger partial charge in [0, 0.05) is 19.5 Å². The first-order chi connectivity index (χ1) is 8.21. The molecule has 1 aromatic rings. The number of aromatic nitrogens is 1. The van der Waals surface area contributed by atoms with E-state index in [0.717, 1.165) is 6.07 Å². The van der Waals surface area contributed by atoms with Crippen LogP contribution in [0.15, 0.2) is 18.2 Å². The van der Waals surface area contributed by atoms with Crippen molar-refractivity contribution < 1.29 is 13.2 Å². The monoisotopic (exact) mass is 260 g/mol. The molecule has 1 heterocycles. The number of rotatable bonds is 4. The Hall–Kier alpha value is -1.79. The standard InChI is InChI=1S/C11H15F3N4/c1-7(6-9(15)16)18(2)10-5-3-4-8(17-10)11(12,13)14/h3-5,7H,6H2,1-2H3,(H3,15,16). The molecule has 0 radical (unpaired) electrons. The minimum absolute atomic E-state index is 0.0127. The van der Waals surface area contributed by atoms with Crippen molar-refractivity contribution in [2.75, 3.05) is 11.9 Å². The van der Waals surface area contributed by atoms with Gasteiger partial charge in [0.05, 0.1) is 5.84 Å². The van der Waals surface area contributed by atoms with E-state index < -0.39 is 11.9 Å². The minimum Gasteiger partial charge on any atom is -0.388 e. The highest BCUT2D eigenvalue weighted by molar-refractivity contribution is 5.77. The molecule has 1 atom stereocenters. The number of hydrogen-bond acceptors (Lipinski definition) is 3. The summed E-state index contributed by atoms with van der Waals surface area (Å²) in [6, 6.07) is 3.53. The maximum Gasteiger partial charge on any atom is 0.433 e. The zero-order valence-corrected chi connectivity index (χ0v) is 10.1. The Morgan fingerprint density at radius 1 is 1.50 bits per heavy atom. The van der Waals surface area contributed by atoms with E-state index in [1.165, 1.54) is 12.1 Å². The average molecular weight is 260 g/mol. The van der Waals surface area contributed by atoms with E-state index in [9.17, 15) is 13.2 Å². The second-order valence-electron chi connectivity index (χ2n) is 4.07. The average Bonchev–Trinajstić information content (AvgIpc) is 2.26. The summed E-state index contributed by atoms with van der Waals surface area (Å²) in [7, 11) is 1.62. The summed E-state index contributed by atoms with van der Waals surface area (Å²) in [5.41, 5.74) is 4.34. The summed E-state index contributed by atoms with van der Waals surface area (Å²) in [5, 5.41) is 7.17. The van der Waals surface area contributed by atoms with Crippen molar-refractivity contribution in [3.63, 3.8) is 0 Å². The number of hydrogen-bond donors (Lipinski definition) is 2. The summed E-state index contributed by atoms with van der Waals surface area (Å²) in [6.45, 7) is 1.77. The van der Waals surface area contributed by atoms with Crippen LogP contribution in [0.25, 0.3) is 0 Å². The van der Waals surface area contributed by atoms with Gasteiger partial charge in [0.25, 0.3) is 0 Å². The zero-order valence-electron chi connectivity index (χ0n) is 10.1. The molecule has 0 aliphatic rings. The molecule has 1 aromatic heterocycles. The summed E-state index contributed by atoms with van der Waals surface area (Å²) in [6.07, 6.45) is -4.19. The fraction of sp³-hybridized carbons (Fsp3) is 0.455. The Balaban J connectivity index is 2.93. The number of nitrogens with two attached hydrogens (primary N) is 1. The van der Waals surface area contributed by atoms with Crippen LogP contribution in [-0.2, 0) is 6.18 Å². The van der Waals surface area contributed by atoms with Gasteiger partial charge < -0.3 is 10.6 Å². The molecule has 0 aromatic carbocycles. The van der Waals surface area contributed by atoms with E-state index >= 15 is 0 Å². The molecule has 0 aliphatic carbocycles. The number of alkyl halides is 3. The van der Waals surface area contributed by atoms with Gasteiger partial charge in [-0.25, -0.2) is 4.98 Å². The summed E-state index contributed by atoms with van der Waals surface area (Å²) < 4.78 is 37.5. The number of anilines is 1. The Morgan fingerprint density at radius 2 is 2.11 bits per heavy atom. The maximum absolute atomic E-state index is 12.5. The van der Waals surface area contributed by atoms with Crippen molar-refractivity contribution >= 4 is 11.7 Å². The van der Waals surface area contributed by atoms with Crippen LogP contribution in [0.2, 0.25) is 0 Å². The van der Waals surface area contributed by atoms with E-state index in [4.69, 9.17) is 11.1 Å². The highest BCUT2D eigenvalue weighted by Gasteiger charge is 2.32. The number of amidine groups is 1. The first-order valence-electron chi connectivity index (χ1n) is 5.32. The third-order valence-electron chi connectivity index (χ3n) is 2.56. The van der Waals surface area contributed by atoms with Gasteiger partial charge in [0.1, 0.15) is 11.5 Å². The van der Waals surface area contributed by atoms with Crippen molar-refractivity contribution in [1.82, 2.24) is 4.98 Å². The van der Waals surface area contributed by atoms with Crippen LogP contribution >= 0.6 is 0 Å². The lowest BCUT2D eigenvalue weighted by Crippen LogP contribution is -2.33. The normalized spacial score (nSPS) is 13.2. The molecule has 1 rings (SSSR count). The topological polar surface area (TPSA) is 66.0 Å². The molecule has 0 amide bonds. The van der Waals surface area contributed by atoms with Gasteiger partial charge in [-0.3, -0.25) is 5.41 Å². The molecule has 100 valence electrons. The van der Waals surface area contributed by atoms with Crippen LogP contribution in [0.1, 0.15) is 19.0 Å². The molecule has 0 saturated carbocycles. The Kier molecular flexibility index (Phi) is 4.15. The lowest BCUT2D eigenvalue weighted by atomic mass is 10.2. The Labute approximate surface area is 103 Å². The second-order valence-corrected chi connectivity index (χ2v) is 4.07. The fourth-order valence-electron chi connectivity index (χ4n) is 1.46. The van der Waals surface area contributed by atoms with E-state index in [0.29, 0.717) is 0 Å². The Morgan fingerprint density at radius 3 is 2.61 bits per heavy atom. The van der Waals surface area contributed by atoms with Crippen molar-refractivity contribution in [2.24, 2.45) is 5.73 Å². The zero-order chi connectivity index (χ0) is 13.9. The van der Waals surface area contributed by atoms with Gasteiger partial charge in [0.2, 0.25) is 0 Å². The first-order valence-corrected chi connectivity index (χ1v) is 5.32. The highest BCUT2D eigenvalue weighted by Crippen LogP contribution is 2.29. The van der Waals surface area contributed by atoms with E-state index in [-0.39, 0.29) is 24.1 Å². The lowest BCUT2D eigenvalue weighted by Gasteiger charge is -2.26. The predicted octanol–water partition coefficient (Wildman–Crippen LogP) is 2.25. The molecule has 1 unspecified atom stereocenters. The largest absolute Gasteiger partial charge is 0.433 e. The van der Waals surface area contributed by atoms with Crippen molar-refractivity contribution in [2.45, 2.75) is 25.6 Å². The number of nitrogens with one attached hydrogen (secondary N) is 1. The lowest BCUT2D eigenvalue weighted by molar-refractivity contribution is -0.141. The van der Waals surface area contributed by atoms with E-state index in [2.05, 4.69) is 4.98 Å². The second kappa shape index (κ2) is 5.24. The minimum atomic E-state index is -4.46. The molecule has 0 aliphatic heterocycles. The fourth-order valence-corrected chi connectivity index (χ4v) is 1.46. The SMILES string of the molecule is CC(CC(=N)N)N(C)c1cccc(C(F)(F)F)n1. The smallest absolute Gasteiger partial charge is 0.388 e. The van der Waals surface area contributed by atoms with Gasteiger partial charge in [-0.15, -0.1) is 0 Å². The molecule has 0 saturated heterocycles. The number of nitrogens with zero attached hydrogens (tertiary/aromatic N) is 2. The van der Waals surface area contributed by atoms with Crippen LogP contribution in [0.3, 0.4) is 0 Å². The molecule has 3 N–H and O–H groups in total. The summed E-state index contributed by atoms with van der Waals surface area (Å²) in [4.78, 5) is 5.13. The molecule has 4 nitrogen and oxygen atoms in total. The van der Waals surface area contributed by atoms with Crippen LogP contribution in [0.5, 0.6) is 0 Å². The molecular weight excluding hydrogens is 245 g/mol. The van der Waals surface area contributed by atoms with Gasteiger partial charge in [-0.05, 0) is 19.1 Å². The van der Waals surface area contributed by atoms with Gasteiger partial charge >= 0.3 is 6.18 Å². The van der Waals surface area contributed by atoms with Crippen LogP contribution in [0, 0.1) is 5.41 Å². The third-order valence-corrected chi connectivity index (χ3v) is 2.56. The number of pyridine rings is 1. The predicted molar refractivity (Wildman–Crippen MR) is 63.6 cm³/mol. The van der Waals surface area contributed by atoms with E-state index in [1.54, 1.807) is 18.9 Å². The number of halogens is 3. The van der Waals surface area contributed by atoms with Crippen LogP contribution < -0.4 is 10.6 Å². The molecule has 0 spiro atoms. The summed E-state index contributed by atoms with van der Waals surface area (Å²) in [5.74, 6) is 0.194. The molecule has 18 heavy (non-hydrogen) atoms. The first kappa shape index (κ1) is 14.3. The van der Waals surface area contributed by atoms with E-state index in [1.807, 2.05) is 0 Å². The van der Waals surface area contributed by atoms with Gasteiger partial charge in [0.15, 0.2) is 0 Å². The van der Waals surface area contributed by atoms with Gasteiger partial charge in [-0.1, -0.05) is 6.07 Å². The molecule has 0 bridgehead atoms. The molecule has 7 heteroatoms. The Bertz CT molecular complexity index is 431. The quantitative estimate of drug-likeness (QED) is 0.644. The third kappa shape index (κ3) is 3.61. The molecule has 0 fully saturated rings. The van der Waals surface area contributed by atoms with Crippen molar-refractivity contribution in [3.05, 3.63) is 23.9 Å². The van der Waals surface area contributed by atoms with Crippen molar-refractivity contribution in [1.29, 1.82) is 5.41 Å². The molecular formula is C11H15F3N4. The van der Waals surface area contributed by atoms with Crippen molar-refractivity contribution in [3.8, 4) is 0 Å². The van der Waals surface area contributed by atoms with Crippen LogP contribution in [0.4, 0.5) is 19.0 Å². The summed E-state index contributed by atoms with van der Waals surface area (Å²) >= 11 is 0.